The Morgan fingerprint density at radius 2 is 1.95 bits per heavy atom. The van der Waals surface area contributed by atoms with Crippen molar-refractivity contribution in [3.8, 4) is 0 Å². The molecule has 1 aliphatic rings. The monoisotopic (exact) mass is 302 g/mol. The highest BCUT2D eigenvalue weighted by atomic mass is 32.2. The van der Waals surface area contributed by atoms with Crippen LogP contribution < -0.4 is 5.48 Å². The van der Waals surface area contributed by atoms with E-state index < -0.39 is 27.8 Å². The molecule has 20 heavy (non-hydrogen) atoms. The lowest BCUT2D eigenvalue weighted by Crippen LogP contribution is -2.51. The zero-order valence-corrected chi connectivity index (χ0v) is 11.4. The van der Waals surface area contributed by atoms with Crippen LogP contribution in [0.1, 0.15) is 19.3 Å². The number of hydroxylamine groups is 1. The number of nitrogens with one attached hydrogen (secondary N) is 1. The zero-order valence-electron chi connectivity index (χ0n) is 10.6. The van der Waals surface area contributed by atoms with Gasteiger partial charge in [-0.3, -0.25) is 10.0 Å². The molecule has 1 unspecified atom stereocenters. The average Bonchev–Trinajstić information content (AvgIpc) is 2.47. The summed E-state index contributed by atoms with van der Waals surface area (Å²) in [5.74, 6) is -1.29. The lowest BCUT2D eigenvalue weighted by molar-refractivity contribution is -0.134. The van der Waals surface area contributed by atoms with Gasteiger partial charge in [-0.05, 0) is 37.1 Å². The van der Waals surface area contributed by atoms with Crippen LogP contribution in [0.15, 0.2) is 29.2 Å². The van der Waals surface area contributed by atoms with E-state index in [0.717, 1.165) is 28.6 Å². The number of amides is 1. The second kappa shape index (κ2) is 5.86. The van der Waals surface area contributed by atoms with Crippen molar-refractivity contribution in [3.05, 3.63) is 30.1 Å². The van der Waals surface area contributed by atoms with E-state index in [0.29, 0.717) is 19.3 Å². The standard InChI is InChI=1S/C12H15FN2O4S/c13-9-4-6-10(7-5-9)20(18,19)15-8-2-1-3-11(15)12(16)14-17/h4-7,11,17H,1-3,8H2,(H,14,16). The van der Waals surface area contributed by atoms with Gasteiger partial charge in [0.25, 0.3) is 5.91 Å². The van der Waals surface area contributed by atoms with Gasteiger partial charge in [-0.1, -0.05) is 6.42 Å². The summed E-state index contributed by atoms with van der Waals surface area (Å²) in [5.41, 5.74) is 1.49. The molecule has 110 valence electrons. The number of benzene rings is 1. The summed E-state index contributed by atoms with van der Waals surface area (Å²) >= 11 is 0. The van der Waals surface area contributed by atoms with Crippen LogP contribution in [-0.4, -0.2) is 36.4 Å². The first-order chi connectivity index (χ1) is 9.46. The molecule has 6 nitrogen and oxygen atoms in total. The topological polar surface area (TPSA) is 86.7 Å². The van der Waals surface area contributed by atoms with Gasteiger partial charge in [0.1, 0.15) is 11.9 Å². The van der Waals surface area contributed by atoms with Gasteiger partial charge >= 0.3 is 0 Å². The molecular weight excluding hydrogens is 287 g/mol. The van der Waals surface area contributed by atoms with E-state index in [1.807, 2.05) is 0 Å². The highest BCUT2D eigenvalue weighted by Gasteiger charge is 2.37. The van der Waals surface area contributed by atoms with Crippen molar-refractivity contribution in [3.63, 3.8) is 0 Å². The van der Waals surface area contributed by atoms with Crippen molar-refractivity contribution in [2.24, 2.45) is 0 Å². The van der Waals surface area contributed by atoms with Crippen LogP contribution in [-0.2, 0) is 14.8 Å². The Bertz CT molecular complexity index is 588. The predicted molar refractivity (Wildman–Crippen MR) is 67.9 cm³/mol. The molecule has 0 spiro atoms. The summed E-state index contributed by atoms with van der Waals surface area (Å²) in [4.78, 5) is 11.5. The Labute approximate surface area is 116 Å². The Morgan fingerprint density at radius 1 is 1.30 bits per heavy atom. The van der Waals surface area contributed by atoms with Gasteiger partial charge in [-0.15, -0.1) is 0 Å². The summed E-state index contributed by atoms with van der Waals surface area (Å²) in [7, 11) is -3.89. The number of hydrogen-bond acceptors (Lipinski definition) is 4. The fourth-order valence-corrected chi connectivity index (χ4v) is 3.93. The fraction of sp³-hybridized carbons (Fsp3) is 0.417. The number of carbonyl (C=O) groups is 1. The maximum atomic E-state index is 12.9. The summed E-state index contributed by atoms with van der Waals surface area (Å²) in [6.45, 7) is 0.192. The molecule has 1 aromatic carbocycles. The first-order valence-electron chi connectivity index (χ1n) is 6.18. The van der Waals surface area contributed by atoms with E-state index in [9.17, 15) is 17.6 Å². The molecule has 1 heterocycles. The Balaban J connectivity index is 2.35. The minimum absolute atomic E-state index is 0.0726. The van der Waals surface area contributed by atoms with Crippen LogP contribution in [0.4, 0.5) is 4.39 Å². The van der Waals surface area contributed by atoms with Crippen LogP contribution >= 0.6 is 0 Å². The third-order valence-electron chi connectivity index (χ3n) is 3.29. The largest absolute Gasteiger partial charge is 0.289 e. The first kappa shape index (κ1) is 14.9. The summed E-state index contributed by atoms with van der Waals surface area (Å²) < 4.78 is 38.9. The molecule has 0 radical (unpaired) electrons. The van der Waals surface area contributed by atoms with E-state index in [1.54, 1.807) is 0 Å². The van der Waals surface area contributed by atoms with Crippen LogP contribution in [0.25, 0.3) is 0 Å². The van der Waals surface area contributed by atoms with Crippen LogP contribution in [0.3, 0.4) is 0 Å². The molecule has 1 fully saturated rings. The SMILES string of the molecule is O=C(NO)C1CCCCN1S(=O)(=O)c1ccc(F)cc1. The number of sulfonamides is 1. The summed E-state index contributed by atoms with van der Waals surface area (Å²) in [5, 5.41) is 8.71. The van der Waals surface area contributed by atoms with Crippen molar-refractivity contribution >= 4 is 15.9 Å². The lowest BCUT2D eigenvalue weighted by Gasteiger charge is -2.32. The number of halogens is 1. The Morgan fingerprint density at radius 3 is 2.55 bits per heavy atom. The van der Waals surface area contributed by atoms with Gasteiger partial charge in [-0.2, -0.15) is 4.31 Å². The third-order valence-corrected chi connectivity index (χ3v) is 5.21. The van der Waals surface area contributed by atoms with Gasteiger partial charge < -0.3 is 0 Å². The molecule has 2 rings (SSSR count). The molecule has 1 atom stereocenters. The van der Waals surface area contributed by atoms with E-state index in [-0.39, 0.29) is 11.4 Å². The third kappa shape index (κ3) is 2.82. The second-order valence-corrected chi connectivity index (χ2v) is 6.45. The highest BCUT2D eigenvalue weighted by molar-refractivity contribution is 7.89. The number of nitrogens with zero attached hydrogens (tertiary/aromatic N) is 1. The van der Waals surface area contributed by atoms with E-state index in [1.165, 1.54) is 5.48 Å². The Kier molecular flexibility index (Phi) is 4.36. The first-order valence-corrected chi connectivity index (χ1v) is 7.62. The molecule has 0 aromatic heterocycles. The molecule has 0 saturated carbocycles. The quantitative estimate of drug-likeness (QED) is 0.641. The number of piperidine rings is 1. The fourth-order valence-electron chi connectivity index (χ4n) is 2.27. The van der Waals surface area contributed by atoms with Gasteiger partial charge in [-0.25, -0.2) is 18.3 Å². The van der Waals surface area contributed by atoms with Gasteiger partial charge in [0.05, 0.1) is 4.90 Å². The highest BCUT2D eigenvalue weighted by Crippen LogP contribution is 2.25. The van der Waals surface area contributed by atoms with Crippen molar-refractivity contribution in [1.82, 2.24) is 9.79 Å². The zero-order chi connectivity index (χ0) is 14.8. The number of hydrogen-bond donors (Lipinski definition) is 2. The number of rotatable bonds is 3. The van der Waals surface area contributed by atoms with Gasteiger partial charge in [0.2, 0.25) is 10.0 Å². The van der Waals surface area contributed by atoms with Gasteiger partial charge in [0, 0.05) is 6.54 Å². The normalized spacial score (nSPS) is 20.6. The van der Waals surface area contributed by atoms with E-state index >= 15 is 0 Å². The summed E-state index contributed by atoms with van der Waals surface area (Å²) in [6.07, 6.45) is 1.68. The minimum Gasteiger partial charge on any atom is -0.289 e. The minimum atomic E-state index is -3.89. The maximum Gasteiger partial charge on any atom is 0.261 e. The molecule has 1 saturated heterocycles. The van der Waals surface area contributed by atoms with Gasteiger partial charge in [0.15, 0.2) is 0 Å². The molecule has 0 bridgehead atoms. The predicted octanol–water partition coefficient (Wildman–Crippen LogP) is 0.874. The van der Waals surface area contributed by atoms with Crippen LogP contribution in [0.2, 0.25) is 0 Å². The van der Waals surface area contributed by atoms with Crippen LogP contribution in [0.5, 0.6) is 0 Å². The molecule has 2 N–H and O–H groups in total. The van der Waals surface area contributed by atoms with Crippen LogP contribution in [0, 0.1) is 5.82 Å². The smallest absolute Gasteiger partial charge is 0.261 e. The second-order valence-electron chi connectivity index (χ2n) is 4.56. The van der Waals surface area contributed by atoms with Crippen molar-refractivity contribution < 1.29 is 22.8 Å². The van der Waals surface area contributed by atoms with Crippen molar-refractivity contribution in [2.75, 3.05) is 6.54 Å². The molecule has 1 aliphatic heterocycles. The van der Waals surface area contributed by atoms with E-state index in [2.05, 4.69) is 0 Å². The molecule has 8 heteroatoms. The molecule has 1 amide bonds. The summed E-state index contributed by atoms with van der Waals surface area (Å²) in [6, 6.07) is 3.49. The Hall–Kier alpha value is -1.51. The molecular formula is C12H15FN2O4S. The molecule has 1 aromatic rings. The molecule has 0 aliphatic carbocycles. The maximum absolute atomic E-state index is 12.9. The van der Waals surface area contributed by atoms with Crippen molar-refractivity contribution in [2.45, 2.75) is 30.2 Å². The van der Waals surface area contributed by atoms with E-state index in [4.69, 9.17) is 5.21 Å². The number of carbonyl (C=O) groups excluding carboxylic acids is 1. The average molecular weight is 302 g/mol. The van der Waals surface area contributed by atoms with Crippen molar-refractivity contribution in [1.29, 1.82) is 0 Å². The lowest BCUT2D eigenvalue weighted by atomic mass is 10.0.